The fourth-order valence-corrected chi connectivity index (χ4v) is 2.34. The van der Waals surface area contributed by atoms with E-state index in [0.29, 0.717) is 5.92 Å². The maximum atomic E-state index is 5.08. The number of ether oxygens (including phenoxy) is 1. The minimum atomic E-state index is 0.705. The number of likely N-dealkylation sites (tertiary alicyclic amines) is 1. The second kappa shape index (κ2) is 7.28. The van der Waals surface area contributed by atoms with E-state index in [1.807, 2.05) is 6.07 Å². The van der Waals surface area contributed by atoms with Crippen molar-refractivity contribution in [3.05, 3.63) is 18.5 Å². The Bertz CT molecular complexity index is 333. The quantitative estimate of drug-likeness (QED) is 0.738. The third kappa shape index (κ3) is 4.23. The molecule has 1 aromatic rings. The van der Waals surface area contributed by atoms with Crippen molar-refractivity contribution < 1.29 is 4.74 Å². The van der Waals surface area contributed by atoms with E-state index in [1.54, 1.807) is 19.5 Å². The average Bonchev–Trinajstić information content (AvgIpc) is 2.86. The van der Waals surface area contributed by atoms with Gasteiger partial charge in [-0.25, -0.2) is 9.97 Å². The molecule has 1 N–H and O–H groups in total. The van der Waals surface area contributed by atoms with Crippen LogP contribution in [0.5, 0.6) is 0 Å². The second-order valence-corrected chi connectivity index (χ2v) is 4.75. The van der Waals surface area contributed by atoms with E-state index in [-0.39, 0.29) is 0 Å². The topological polar surface area (TPSA) is 50.3 Å². The molecule has 0 spiro atoms. The number of aromatic nitrogens is 2. The molecular weight excluding hydrogens is 228 g/mol. The summed E-state index contributed by atoms with van der Waals surface area (Å²) in [5, 5.41) is 3.30. The fraction of sp³-hybridized carbons (Fsp3) is 0.692. The smallest absolute Gasteiger partial charge is 0.222 e. The van der Waals surface area contributed by atoms with Gasteiger partial charge >= 0.3 is 0 Å². The molecule has 18 heavy (non-hydrogen) atoms. The van der Waals surface area contributed by atoms with Gasteiger partial charge in [-0.1, -0.05) is 0 Å². The van der Waals surface area contributed by atoms with Crippen LogP contribution in [0, 0.1) is 5.92 Å². The van der Waals surface area contributed by atoms with Crippen LogP contribution in [0.4, 0.5) is 5.95 Å². The number of hydrogen-bond donors (Lipinski definition) is 1. The molecular formula is C13H22N4O. The molecule has 1 saturated heterocycles. The summed E-state index contributed by atoms with van der Waals surface area (Å²) in [7, 11) is 1.76. The van der Waals surface area contributed by atoms with Gasteiger partial charge in [0, 0.05) is 45.7 Å². The lowest BCUT2D eigenvalue weighted by atomic mass is 10.1. The van der Waals surface area contributed by atoms with Crippen LogP contribution in [0.25, 0.3) is 0 Å². The summed E-state index contributed by atoms with van der Waals surface area (Å²) >= 11 is 0. The van der Waals surface area contributed by atoms with Crippen LogP contribution >= 0.6 is 0 Å². The van der Waals surface area contributed by atoms with Crippen LogP contribution in [-0.2, 0) is 4.74 Å². The monoisotopic (exact) mass is 250 g/mol. The van der Waals surface area contributed by atoms with Crippen molar-refractivity contribution in [2.45, 2.75) is 12.8 Å². The van der Waals surface area contributed by atoms with Gasteiger partial charge in [0.25, 0.3) is 0 Å². The lowest BCUT2D eigenvalue weighted by molar-refractivity contribution is 0.178. The number of hydrogen-bond acceptors (Lipinski definition) is 5. The van der Waals surface area contributed by atoms with Crippen molar-refractivity contribution in [2.24, 2.45) is 5.92 Å². The SMILES string of the molecule is COCCCN1CC[C@H](CNc2ncccn2)C1. The largest absolute Gasteiger partial charge is 0.385 e. The van der Waals surface area contributed by atoms with Crippen molar-refractivity contribution in [1.29, 1.82) is 0 Å². The normalized spacial score (nSPS) is 20.2. The Morgan fingerprint density at radius 2 is 2.28 bits per heavy atom. The lowest BCUT2D eigenvalue weighted by Gasteiger charge is -2.15. The van der Waals surface area contributed by atoms with Gasteiger partial charge in [0.05, 0.1) is 0 Å². The molecule has 1 aromatic heterocycles. The minimum Gasteiger partial charge on any atom is -0.385 e. The molecule has 0 bridgehead atoms. The zero-order valence-electron chi connectivity index (χ0n) is 11.0. The van der Waals surface area contributed by atoms with Crippen LogP contribution in [-0.4, -0.2) is 54.8 Å². The van der Waals surface area contributed by atoms with Gasteiger partial charge < -0.3 is 15.0 Å². The highest BCUT2D eigenvalue weighted by molar-refractivity contribution is 5.22. The summed E-state index contributed by atoms with van der Waals surface area (Å²) in [6, 6.07) is 1.83. The van der Waals surface area contributed by atoms with Gasteiger partial charge in [0.2, 0.25) is 5.95 Å². The standard InChI is InChI=1S/C13H22N4O/c1-18-9-3-7-17-8-4-12(11-17)10-16-13-14-5-2-6-15-13/h2,5-6,12H,3-4,7-11H2,1H3,(H,14,15,16)/t12-/m1/s1. The predicted octanol–water partition coefficient (Wildman–Crippen LogP) is 1.25. The van der Waals surface area contributed by atoms with Crippen molar-refractivity contribution in [1.82, 2.24) is 14.9 Å². The van der Waals surface area contributed by atoms with E-state index >= 15 is 0 Å². The summed E-state index contributed by atoms with van der Waals surface area (Å²) in [5.74, 6) is 1.44. The lowest BCUT2D eigenvalue weighted by Crippen LogP contribution is -2.25. The maximum Gasteiger partial charge on any atom is 0.222 e. The number of nitrogens with zero attached hydrogens (tertiary/aromatic N) is 3. The molecule has 0 saturated carbocycles. The van der Waals surface area contributed by atoms with Gasteiger partial charge in [0.15, 0.2) is 0 Å². The van der Waals surface area contributed by atoms with Gasteiger partial charge in [-0.2, -0.15) is 0 Å². The summed E-state index contributed by atoms with van der Waals surface area (Å²) in [6.07, 6.45) is 5.91. The van der Waals surface area contributed by atoms with Crippen molar-refractivity contribution in [2.75, 3.05) is 45.2 Å². The molecule has 100 valence electrons. The zero-order valence-corrected chi connectivity index (χ0v) is 11.0. The molecule has 2 heterocycles. The van der Waals surface area contributed by atoms with Crippen LogP contribution in [0.15, 0.2) is 18.5 Å². The first-order valence-electron chi connectivity index (χ1n) is 6.60. The Hall–Kier alpha value is -1.20. The van der Waals surface area contributed by atoms with E-state index in [9.17, 15) is 0 Å². The Labute approximate surface area is 109 Å². The maximum absolute atomic E-state index is 5.08. The molecule has 1 aliphatic heterocycles. The summed E-state index contributed by atoms with van der Waals surface area (Å²) in [5.41, 5.74) is 0. The molecule has 0 aliphatic carbocycles. The highest BCUT2D eigenvalue weighted by atomic mass is 16.5. The molecule has 1 aliphatic rings. The number of nitrogens with one attached hydrogen (secondary N) is 1. The van der Waals surface area contributed by atoms with Crippen molar-refractivity contribution >= 4 is 5.95 Å². The summed E-state index contributed by atoms with van der Waals surface area (Å²) < 4.78 is 5.08. The molecule has 5 heteroatoms. The molecule has 1 fully saturated rings. The zero-order chi connectivity index (χ0) is 12.6. The van der Waals surface area contributed by atoms with Crippen LogP contribution < -0.4 is 5.32 Å². The van der Waals surface area contributed by atoms with Gasteiger partial charge in [-0.05, 0) is 31.4 Å². The molecule has 0 amide bonds. The number of rotatable bonds is 7. The Morgan fingerprint density at radius 3 is 3.06 bits per heavy atom. The van der Waals surface area contributed by atoms with E-state index in [4.69, 9.17) is 4.74 Å². The average molecular weight is 250 g/mol. The first-order valence-corrected chi connectivity index (χ1v) is 6.60. The highest BCUT2D eigenvalue weighted by Crippen LogP contribution is 2.16. The predicted molar refractivity (Wildman–Crippen MR) is 71.6 cm³/mol. The minimum absolute atomic E-state index is 0.705. The number of methoxy groups -OCH3 is 1. The first-order chi connectivity index (χ1) is 8.88. The van der Waals surface area contributed by atoms with Crippen molar-refractivity contribution in [3.63, 3.8) is 0 Å². The second-order valence-electron chi connectivity index (χ2n) is 4.75. The summed E-state index contributed by atoms with van der Waals surface area (Å²) in [4.78, 5) is 10.8. The molecule has 0 radical (unpaired) electrons. The molecule has 5 nitrogen and oxygen atoms in total. The fourth-order valence-electron chi connectivity index (χ4n) is 2.34. The third-order valence-corrected chi connectivity index (χ3v) is 3.31. The highest BCUT2D eigenvalue weighted by Gasteiger charge is 2.21. The van der Waals surface area contributed by atoms with Crippen molar-refractivity contribution in [3.8, 4) is 0 Å². The Balaban J connectivity index is 1.64. The van der Waals surface area contributed by atoms with Crippen LogP contribution in [0.3, 0.4) is 0 Å². The molecule has 0 aromatic carbocycles. The van der Waals surface area contributed by atoms with Gasteiger partial charge in [0.1, 0.15) is 0 Å². The Morgan fingerprint density at radius 1 is 1.44 bits per heavy atom. The van der Waals surface area contributed by atoms with Gasteiger partial charge in [-0.15, -0.1) is 0 Å². The van der Waals surface area contributed by atoms with Crippen LogP contribution in [0.2, 0.25) is 0 Å². The molecule has 2 rings (SSSR count). The molecule has 1 atom stereocenters. The molecule has 0 unspecified atom stereocenters. The van der Waals surface area contributed by atoms with E-state index in [1.165, 1.54) is 19.5 Å². The third-order valence-electron chi connectivity index (χ3n) is 3.31. The van der Waals surface area contributed by atoms with E-state index in [2.05, 4.69) is 20.2 Å². The van der Waals surface area contributed by atoms with Gasteiger partial charge in [-0.3, -0.25) is 0 Å². The van der Waals surface area contributed by atoms with Crippen LogP contribution in [0.1, 0.15) is 12.8 Å². The van der Waals surface area contributed by atoms with E-state index in [0.717, 1.165) is 32.1 Å². The Kier molecular flexibility index (Phi) is 5.36. The summed E-state index contributed by atoms with van der Waals surface area (Å²) in [6.45, 7) is 5.34. The van der Waals surface area contributed by atoms with E-state index < -0.39 is 0 Å². The first kappa shape index (κ1) is 13.2. The number of anilines is 1.